The summed E-state index contributed by atoms with van der Waals surface area (Å²) in [5.74, 6) is 0.923. The first-order chi connectivity index (χ1) is 8.19. The van der Waals surface area contributed by atoms with Crippen molar-refractivity contribution in [2.45, 2.75) is 44.2 Å². The van der Waals surface area contributed by atoms with Crippen LogP contribution in [0.25, 0.3) is 0 Å². The molecular weight excluding hydrogens is 216 g/mol. The molecule has 94 valence electrons. The number of hydrogen-bond donors (Lipinski definition) is 1. The molecule has 2 saturated heterocycles. The smallest absolute Gasteiger partial charge is 0.225 e. The van der Waals surface area contributed by atoms with Crippen molar-refractivity contribution in [2.75, 3.05) is 19.6 Å². The molecule has 0 aromatic carbocycles. The van der Waals surface area contributed by atoms with Crippen molar-refractivity contribution in [1.29, 1.82) is 0 Å². The number of fused-ring (bicyclic) bond motifs is 2. The lowest BCUT2D eigenvalue weighted by molar-refractivity contribution is -0.127. The molecule has 1 amide bonds. The molecule has 2 atom stereocenters. The third kappa shape index (κ3) is 1.31. The third-order valence-corrected chi connectivity index (χ3v) is 4.43. The first kappa shape index (κ1) is 10.9. The zero-order valence-electron chi connectivity index (χ0n) is 10.4. The van der Waals surface area contributed by atoms with E-state index in [1.165, 1.54) is 0 Å². The first-order valence-electron chi connectivity index (χ1n) is 6.56. The summed E-state index contributed by atoms with van der Waals surface area (Å²) in [4.78, 5) is 20.7. The lowest BCUT2D eigenvalue weighted by Gasteiger charge is -2.39. The van der Waals surface area contributed by atoms with Crippen LogP contribution >= 0.6 is 0 Å². The summed E-state index contributed by atoms with van der Waals surface area (Å²) >= 11 is 0. The van der Waals surface area contributed by atoms with Crippen LogP contribution in [0.2, 0.25) is 0 Å². The number of carbonyl (C=O) groups is 1. The highest BCUT2D eigenvalue weighted by Gasteiger charge is 2.58. The zero-order valence-corrected chi connectivity index (χ0v) is 10.4. The van der Waals surface area contributed by atoms with Gasteiger partial charge in [0.05, 0.1) is 24.5 Å². The summed E-state index contributed by atoms with van der Waals surface area (Å²) in [6.07, 6.45) is 3.87. The fourth-order valence-corrected chi connectivity index (χ4v) is 3.72. The highest BCUT2D eigenvalue weighted by atomic mass is 16.2. The molecular formula is C12H20N4O. The SMILES string of the molecule is CCCN1C(N)=NCC12CC(=O)N1CCCC12. The van der Waals surface area contributed by atoms with Gasteiger partial charge in [0.2, 0.25) is 5.91 Å². The van der Waals surface area contributed by atoms with Gasteiger partial charge in [0, 0.05) is 13.1 Å². The number of hydrogen-bond acceptors (Lipinski definition) is 4. The molecule has 5 nitrogen and oxygen atoms in total. The van der Waals surface area contributed by atoms with E-state index in [0.717, 1.165) is 32.4 Å². The van der Waals surface area contributed by atoms with Crippen molar-refractivity contribution in [3.63, 3.8) is 0 Å². The lowest BCUT2D eigenvalue weighted by Crippen LogP contribution is -2.57. The maximum atomic E-state index is 12.1. The highest BCUT2D eigenvalue weighted by Crippen LogP contribution is 2.43. The highest BCUT2D eigenvalue weighted by molar-refractivity contribution is 5.87. The Morgan fingerprint density at radius 3 is 3.18 bits per heavy atom. The Hall–Kier alpha value is -1.26. The number of guanidine groups is 1. The molecule has 2 unspecified atom stereocenters. The van der Waals surface area contributed by atoms with Gasteiger partial charge < -0.3 is 15.5 Å². The van der Waals surface area contributed by atoms with Gasteiger partial charge in [-0.2, -0.15) is 0 Å². The molecule has 2 N–H and O–H groups in total. The number of nitrogens with two attached hydrogens (primary N) is 1. The largest absolute Gasteiger partial charge is 0.370 e. The molecule has 0 bridgehead atoms. The predicted octanol–water partition coefficient (Wildman–Crippen LogP) is 0.160. The van der Waals surface area contributed by atoms with E-state index in [1.807, 2.05) is 0 Å². The quantitative estimate of drug-likeness (QED) is 0.743. The molecule has 0 aliphatic carbocycles. The van der Waals surface area contributed by atoms with Crippen molar-refractivity contribution >= 4 is 11.9 Å². The average Bonchev–Trinajstić information content (AvgIpc) is 2.94. The second-order valence-corrected chi connectivity index (χ2v) is 5.35. The second kappa shape index (κ2) is 3.62. The van der Waals surface area contributed by atoms with E-state index < -0.39 is 0 Å². The number of nitrogens with zero attached hydrogens (tertiary/aromatic N) is 3. The predicted molar refractivity (Wildman–Crippen MR) is 65.6 cm³/mol. The number of carbonyl (C=O) groups excluding carboxylic acids is 1. The molecule has 3 aliphatic rings. The van der Waals surface area contributed by atoms with Crippen LogP contribution in [-0.2, 0) is 4.79 Å². The first-order valence-corrected chi connectivity index (χ1v) is 6.56. The van der Waals surface area contributed by atoms with Crippen LogP contribution in [0.5, 0.6) is 0 Å². The standard InChI is InChI=1S/C12H20N4O/c1-2-5-16-11(13)14-8-12(16)7-10(17)15-6-3-4-9(12)15/h9H,2-8H2,1H3,(H2,13,14). The van der Waals surface area contributed by atoms with Crippen LogP contribution in [0.1, 0.15) is 32.6 Å². The Morgan fingerprint density at radius 2 is 2.41 bits per heavy atom. The van der Waals surface area contributed by atoms with Crippen LogP contribution in [0.3, 0.4) is 0 Å². The molecule has 1 spiro atoms. The van der Waals surface area contributed by atoms with Gasteiger partial charge in [-0.05, 0) is 19.3 Å². The summed E-state index contributed by atoms with van der Waals surface area (Å²) in [6, 6.07) is 0.339. The molecule has 2 fully saturated rings. The van der Waals surface area contributed by atoms with Gasteiger partial charge in [0.25, 0.3) is 0 Å². The molecule has 17 heavy (non-hydrogen) atoms. The van der Waals surface area contributed by atoms with E-state index in [2.05, 4.69) is 21.7 Å². The maximum absolute atomic E-state index is 12.1. The summed E-state index contributed by atoms with van der Waals surface area (Å²) in [5.41, 5.74) is 5.88. The van der Waals surface area contributed by atoms with Gasteiger partial charge in [0.1, 0.15) is 0 Å². The Kier molecular flexibility index (Phi) is 2.31. The number of rotatable bonds is 2. The monoisotopic (exact) mass is 236 g/mol. The lowest BCUT2D eigenvalue weighted by atomic mass is 9.87. The molecule has 5 heteroatoms. The van der Waals surface area contributed by atoms with Crippen LogP contribution in [0.15, 0.2) is 4.99 Å². The van der Waals surface area contributed by atoms with Gasteiger partial charge in [-0.1, -0.05) is 6.92 Å². The minimum Gasteiger partial charge on any atom is -0.370 e. The van der Waals surface area contributed by atoms with Gasteiger partial charge >= 0.3 is 0 Å². The van der Waals surface area contributed by atoms with Crippen molar-refractivity contribution in [3.8, 4) is 0 Å². The molecule has 3 aliphatic heterocycles. The van der Waals surface area contributed by atoms with Crippen LogP contribution < -0.4 is 5.73 Å². The zero-order chi connectivity index (χ0) is 12.0. The van der Waals surface area contributed by atoms with Crippen molar-refractivity contribution < 1.29 is 4.79 Å². The van der Waals surface area contributed by atoms with E-state index in [9.17, 15) is 4.79 Å². The molecule has 0 saturated carbocycles. The topological polar surface area (TPSA) is 61.9 Å². The summed E-state index contributed by atoms with van der Waals surface area (Å²) in [7, 11) is 0. The molecule has 0 radical (unpaired) electrons. The van der Waals surface area contributed by atoms with Crippen molar-refractivity contribution in [1.82, 2.24) is 9.80 Å². The van der Waals surface area contributed by atoms with Crippen LogP contribution in [-0.4, -0.2) is 52.9 Å². The van der Waals surface area contributed by atoms with Gasteiger partial charge in [0.15, 0.2) is 5.96 Å². The maximum Gasteiger partial charge on any atom is 0.225 e. The van der Waals surface area contributed by atoms with Crippen molar-refractivity contribution in [2.24, 2.45) is 10.7 Å². The number of amides is 1. The Bertz CT molecular complexity index is 381. The van der Waals surface area contributed by atoms with E-state index >= 15 is 0 Å². The molecule has 3 heterocycles. The fraction of sp³-hybridized carbons (Fsp3) is 0.833. The number of aliphatic imine (C=N–C) groups is 1. The molecule has 3 rings (SSSR count). The summed E-state index contributed by atoms with van der Waals surface area (Å²) in [5, 5.41) is 0. The second-order valence-electron chi connectivity index (χ2n) is 5.35. The van der Waals surface area contributed by atoms with Gasteiger partial charge in [-0.25, -0.2) is 0 Å². The van der Waals surface area contributed by atoms with Crippen molar-refractivity contribution in [3.05, 3.63) is 0 Å². The summed E-state index contributed by atoms with van der Waals surface area (Å²) < 4.78 is 0. The Labute approximate surface area is 102 Å². The minimum absolute atomic E-state index is 0.117. The van der Waals surface area contributed by atoms with E-state index in [1.54, 1.807) is 0 Å². The van der Waals surface area contributed by atoms with E-state index in [-0.39, 0.29) is 5.54 Å². The molecule has 0 aromatic heterocycles. The van der Waals surface area contributed by atoms with Crippen LogP contribution in [0, 0.1) is 0 Å². The van der Waals surface area contributed by atoms with E-state index in [0.29, 0.717) is 30.9 Å². The molecule has 0 aromatic rings. The average molecular weight is 236 g/mol. The Balaban J connectivity index is 1.93. The Morgan fingerprint density at radius 1 is 1.59 bits per heavy atom. The fourth-order valence-electron chi connectivity index (χ4n) is 3.72. The minimum atomic E-state index is -0.117. The third-order valence-electron chi connectivity index (χ3n) is 4.43. The van der Waals surface area contributed by atoms with Crippen LogP contribution in [0.4, 0.5) is 0 Å². The summed E-state index contributed by atoms with van der Waals surface area (Å²) in [6.45, 7) is 4.67. The van der Waals surface area contributed by atoms with Gasteiger partial charge in [-0.15, -0.1) is 0 Å². The normalized spacial score (nSPS) is 35.9. The van der Waals surface area contributed by atoms with E-state index in [4.69, 9.17) is 5.73 Å². The van der Waals surface area contributed by atoms with Gasteiger partial charge in [-0.3, -0.25) is 9.79 Å².